The second-order valence-corrected chi connectivity index (χ2v) is 3.17. The molecule has 0 fully saturated rings. The quantitative estimate of drug-likeness (QED) is 0.741. The highest BCUT2D eigenvalue weighted by Crippen LogP contribution is 2.25. The van der Waals surface area contributed by atoms with Gasteiger partial charge in [-0.3, -0.25) is 0 Å². The average molecular weight is 205 g/mol. The number of rotatable bonds is 3. The Hall–Kier alpha value is -1.97. The van der Waals surface area contributed by atoms with Crippen molar-refractivity contribution in [2.75, 3.05) is 7.11 Å². The van der Waals surface area contributed by atoms with Gasteiger partial charge in [0.25, 0.3) is 0 Å². The summed E-state index contributed by atoms with van der Waals surface area (Å²) in [5, 5.41) is 11.2. The van der Waals surface area contributed by atoms with Crippen molar-refractivity contribution in [1.29, 1.82) is 0 Å². The van der Waals surface area contributed by atoms with Crippen LogP contribution in [0.5, 0.6) is 5.75 Å². The molecule has 0 unspecified atom stereocenters. The minimum Gasteiger partial charge on any atom is -0.550 e. The van der Waals surface area contributed by atoms with Crippen LogP contribution in [0.2, 0.25) is 0 Å². The summed E-state index contributed by atoms with van der Waals surface area (Å²) in [5.74, 6) is -0.455. The predicted octanol–water partition coefficient (Wildman–Crippen LogP) is 0.734. The lowest BCUT2D eigenvalue weighted by Gasteiger charge is -2.01. The number of carboxylic acids is 1. The molecule has 15 heavy (non-hydrogen) atoms. The van der Waals surface area contributed by atoms with Crippen molar-refractivity contribution in [3.05, 3.63) is 30.0 Å². The van der Waals surface area contributed by atoms with E-state index >= 15 is 0 Å². The number of ether oxygens (including phenoxy) is 1. The van der Waals surface area contributed by atoms with E-state index in [4.69, 9.17) is 9.15 Å². The third kappa shape index (κ3) is 1.79. The number of carbonyl (C=O) groups excluding carboxylic acids is 1. The molecule has 0 aliphatic rings. The SMILES string of the molecule is COc1ccc2occ(CC(=O)[O-])c2c1. The van der Waals surface area contributed by atoms with E-state index in [2.05, 4.69) is 0 Å². The van der Waals surface area contributed by atoms with Gasteiger partial charge in [0, 0.05) is 23.3 Å². The summed E-state index contributed by atoms with van der Waals surface area (Å²) in [6.45, 7) is 0. The van der Waals surface area contributed by atoms with E-state index in [1.807, 2.05) is 0 Å². The van der Waals surface area contributed by atoms with Crippen LogP contribution in [-0.2, 0) is 11.2 Å². The molecular weight excluding hydrogens is 196 g/mol. The molecule has 1 heterocycles. The number of hydrogen-bond donors (Lipinski definition) is 0. The summed E-state index contributed by atoms with van der Waals surface area (Å²) < 4.78 is 10.2. The van der Waals surface area contributed by atoms with E-state index in [-0.39, 0.29) is 6.42 Å². The Kier molecular flexibility index (Phi) is 2.33. The molecule has 0 N–H and O–H groups in total. The summed E-state index contributed by atoms with van der Waals surface area (Å²) in [4.78, 5) is 10.5. The van der Waals surface area contributed by atoms with Crippen molar-refractivity contribution >= 4 is 16.9 Å². The molecule has 0 amide bonds. The fourth-order valence-electron chi connectivity index (χ4n) is 1.48. The molecule has 0 bridgehead atoms. The lowest BCUT2D eigenvalue weighted by atomic mass is 10.1. The van der Waals surface area contributed by atoms with E-state index in [0.29, 0.717) is 16.9 Å². The highest BCUT2D eigenvalue weighted by molar-refractivity contribution is 5.85. The first-order valence-electron chi connectivity index (χ1n) is 4.44. The summed E-state index contributed by atoms with van der Waals surface area (Å²) >= 11 is 0. The Morgan fingerprint density at radius 2 is 2.33 bits per heavy atom. The summed E-state index contributed by atoms with van der Waals surface area (Å²) in [5.41, 5.74) is 1.25. The predicted molar refractivity (Wildman–Crippen MR) is 51.5 cm³/mol. The van der Waals surface area contributed by atoms with E-state index in [1.54, 1.807) is 25.3 Å². The fourth-order valence-corrected chi connectivity index (χ4v) is 1.48. The number of fused-ring (bicyclic) bond motifs is 1. The Balaban J connectivity index is 2.51. The number of methoxy groups -OCH3 is 1. The van der Waals surface area contributed by atoms with Gasteiger partial charge in [-0.2, -0.15) is 0 Å². The number of hydrogen-bond acceptors (Lipinski definition) is 4. The molecule has 0 radical (unpaired) electrons. The van der Waals surface area contributed by atoms with Crippen LogP contribution in [0.1, 0.15) is 5.56 Å². The normalized spacial score (nSPS) is 10.5. The number of carboxylic acid groups (broad SMARTS) is 1. The molecular formula is C11H9O4-. The number of aliphatic carboxylic acids is 1. The molecule has 1 aromatic heterocycles. The molecule has 2 rings (SSSR count). The van der Waals surface area contributed by atoms with Crippen LogP contribution in [0, 0.1) is 0 Å². The van der Waals surface area contributed by atoms with Gasteiger partial charge in [-0.15, -0.1) is 0 Å². The number of benzene rings is 1. The van der Waals surface area contributed by atoms with Crippen molar-refractivity contribution in [2.45, 2.75) is 6.42 Å². The monoisotopic (exact) mass is 205 g/mol. The molecule has 4 heteroatoms. The van der Waals surface area contributed by atoms with Crippen molar-refractivity contribution in [2.24, 2.45) is 0 Å². The zero-order valence-corrected chi connectivity index (χ0v) is 8.15. The van der Waals surface area contributed by atoms with Crippen molar-refractivity contribution in [3.8, 4) is 5.75 Å². The minimum absolute atomic E-state index is 0.153. The van der Waals surface area contributed by atoms with Gasteiger partial charge in [0.05, 0.1) is 13.4 Å². The van der Waals surface area contributed by atoms with Crippen LogP contribution in [0.4, 0.5) is 0 Å². The Morgan fingerprint density at radius 3 is 3.00 bits per heavy atom. The first-order chi connectivity index (χ1) is 7.20. The summed E-state index contributed by atoms with van der Waals surface area (Å²) in [6.07, 6.45) is 1.28. The molecule has 0 spiro atoms. The first kappa shape index (κ1) is 9.58. The standard InChI is InChI=1S/C11H10O4/c1-14-8-2-3-10-9(5-8)7(6-15-10)4-11(12)13/h2-3,5-6H,4H2,1H3,(H,12,13)/p-1. The van der Waals surface area contributed by atoms with Crippen molar-refractivity contribution < 1.29 is 19.1 Å². The molecule has 0 saturated carbocycles. The molecule has 2 aromatic rings. The van der Waals surface area contributed by atoms with Gasteiger partial charge in [-0.1, -0.05) is 0 Å². The van der Waals surface area contributed by atoms with Crippen LogP contribution in [-0.4, -0.2) is 13.1 Å². The molecule has 4 nitrogen and oxygen atoms in total. The van der Waals surface area contributed by atoms with Gasteiger partial charge < -0.3 is 19.1 Å². The molecule has 1 aromatic carbocycles. The van der Waals surface area contributed by atoms with Gasteiger partial charge in [0.2, 0.25) is 0 Å². The fraction of sp³-hybridized carbons (Fsp3) is 0.182. The van der Waals surface area contributed by atoms with Gasteiger partial charge in [-0.05, 0) is 18.2 Å². The zero-order valence-electron chi connectivity index (χ0n) is 8.15. The van der Waals surface area contributed by atoms with Gasteiger partial charge >= 0.3 is 0 Å². The minimum atomic E-state index is -1.12. The van der Waals surface area contributed by atoms with Crippen LogP contribution in [0.25, 0.3) is 11.0 Å². The van der Waals surface area contributed by atoms with Crippen LogP contribution in [0.3, 0.4) is 0 Å². The van der Waals surface area contributed by atoms with Crippen molar-refractivity contribution in [1.82, 2.24) is 0 Å². The molecule has 78 valence electrons. The summed E-state index contributed by atoms with van der Waals surface area (Å²) in [6, 6.07) is 5.25. The second kappa shape index (κ2) is 3.65. The third-order valence-electron chi connectivity index (χ3n) is 2.20. The first-order valence-corrected chi connectivity index (χ1v) is 4.44. The third-order valence-corrected chi connectivity index (χ3v) is 2.20. The van der Waals surface area contributed by atoms with E-state index < -0.39 is 5.97 Å². The average Bonchev–Trinajstić information content (AvgIpc) is 2.60. The number of carbonyl (C=O) groups is 1. The Labute approximate surface area is 86.1 Å². The van der Waals surface area contributed by atoms with Gasteiger partial charge in [0.1, 0.15) is 11.3 Å². The van der Waals surface area contributed by atoms with Gasteiger partial charge in [-0.25, -0.2) is 0 Å². The highest BCUT2D eigenvalue weighted by atomic mass is 16.5. The number of furan rings is 1. The Morgan fingerprint density at radius 1 is 1.53 bits per heavy atom. The maximum atomic E-state index is 10.5. The molecule has 0 saturated heterocycles. The van der Waals surface area contributed by atoms with Crippen molar-refractivity contribution in [3.63, 3.8) is 0 Å². The molecule has 0 aliphatic heterocycles. The topological polar surface area (TPSA) is 62.5 Å². The highest BCUT2D eigenvalue weighted by Gasteiger charge is 2.06. The maximum Gasteiger partial charge on any atom is 0.134 e. The lowest BCUT2D eigenvalue weighted by molar-refractivity contribution is -0.304. The largest absolute Gasteiger partial charge is 0.550 e. The van der Waals surface area contributed by atoms with Crippen LogP contribution < -0.4 is 9.84 Å². The zero-order chi connectivity index (χ0) is 10.8. The van der Waals surface area contributed by atoms with E-state index in [0.717, 1.165) is 5.39 Å². The Bertz CT molecular complexity index is 498. The second-order valence-electron chi connectivity index (χ2n) is 3.17. The maximum absolute atomic E-state index is 10.5. The summed E-state index contributed by atoms with van der Waals surface area (Å²) in [7, 11) is 1.56. The van der Waals surface area contributed by atoms with Crippen LogP contribution in [0.15, 0.2) is 28.9 Å². The molecule has 0 aliphatic carbocycles. The molecule has 0 atom stereocenters. The van der Waals surface area contributed by atoms with Gasteiger partial charge in [0.15, 0.2) is 0 Å². The van der Waals surface area contributed by atoms with Crippen LogP contribution >= 0.6 is 0 Å². The smallest absolute Gasteiger partial charge is 0.134 e. The van der Waals surface area contributed by atoms with E-state index in [9.17, 15) is 9.90 Å². The lowest BCUT2D eigenvalue weighted by Crippen LogP contribution is -2.24. The van der Waals surface area contributed by atoms with E-state index in [1.165, 1.54) is 6.26 Å².